The van der Waals surface area contributed by atoms with Gasteiger partial charge in [-0.2, -0.15) is 0 Å². The highest BCUT2D eigenvalue weighted by Crippen LogP contribution is 2.19. The van der Waals surface area contributed by atoms with Crippen molar-refractivity contribution in [2.24, 2.45) is 0 Å². The third kappa shape index (κ3) is 12.8. The summed E-state index contributed by atoms with van der Waals surface area (Å²) in [6.45, 7) is 9.51. The number of rotatable bonds is 20. The van der Waals surface area contributed by atoms with Crippen molar-refractivity contribution in [3.05, 3.63) is 71.8 Å². The Morgan fingerprint density at radius 2 is 1.08 bits per heavy atom. The first-order valence-corrected chi connectivity index (χ1v) is 15.5. The molecule has 38 heavy (non-hydrogen) atoms. The van der Waals surface area contributed by atoms with Crippen molar-refractivity contribution in [2.45, 2.75) is 59.3 Å². The zero-order valence-electron chi connectivity index (χ0n) is 23.1. The van der Waals surface area contributed by atoms with Gasteiger partial charge >= 0.3 is 20.7 Å². The van der Waals surface area contributed by atoms with Gasteiger partial charge in [0.15, 0.2) is 0 Å². The lowest BCUT2D eigenvalue weighted by atomic mass is 10.2. The summed E-state index contributed by atoms with van der Waals surface area (Å²) in [7, 11) is -2.76. The largest absolute Gasteiger partial charge is 0.500 e. The predicted octanol–water partition coefficient (Wildman–Crippen LogP) is 4.99. The van der Waals surface area contributed by atoms with Crippen molar-refractivity contribution >= 4 is 20.7 Å². The van der Waals surface area contributed by atoms with Crippen LogP contribution >= 0.6 is 0 Å². The minimum Gasteiger partial charge on any atom is -0.461 e. The third-order valence-corrected chi connectivity index (χ3v) is 8.95. The molecule has 0 amide bonds. The molecule has 0 aromatic heterocycles. The molecule has 0 heterocycles. The lowest BCUT2D eigenvalue weighted by molar-refractivity contribution is -0.145. The van der Waals surface area contributed by atoms with Gasteiger partial charge in [0.05, 0.1) is 12.8 Å². The predicted molar refractivity (Wildman–Crippen MR) is 148 cm³/mol. The van der Waals surface area contributed by atoms with Crippen LogP contribution in [-0.4, -0.2) is 65.1 Å². The Morgan fingerprint density at radius 3 is 1.47 bits per heavy atom. The highest BCUT2D eigenvalue weighted by molar-refractivity contribution is 6.60. The van der Waals surface area contributed by atoms with E-state index in [9.17, 15) is 9.59 Å². The standard InChI is InChI=1S/C29H43NO7Si/c1-4-35-38(36-5-2,37-6-3)23-13-20-30(21-18-28(31)33-24-26-14-9-7-10-15-26)22-19-29(32)34-25-27-16-11-8-12-17-27/h7-12,14-17H,4-6,13,18-25H2,1-3H3. The van der Waals surface area contributed by atoms with E-state index in [2.05, 4.69) is 4.90 Å². The van der Waals surface area contributed by atoms with Gasteiger partial charge < -0.3 is 27.7 Å². The summed E-state index contributed by atoms with van der Waals surface area (Å²) in [5.41, 5.74) is 1.89. The molecule has 0 fully saturated rings. The molecule has 9 heteroatoms. The fraction of sp³-hybridized carbons (Fsp3) is 0.517. The maximum absolute atomic E-state index is 12.4. The molecule has 0 aliphatic heterocycles. The van der Waals surface area contributed by atoms with Crippen molar-refractivity contribution in [1.82, 2.24) is 4.90 Å². The molecule has 0 atom stereocenters. The van der Waals surface area contributed by atoms with Gasteiger partial charge in [-0.1, -0.05) is 60.7 Å². The Labute approximate surface area is 228 Å². The van der Waals surface area contributed by atoms with Gasteiger partial charge in [0, 0.05) is 39.0 Å². The Hall–Kier alpha value is -2.56. The molecule has 0 spiro atoms. The molecule has 0 aliphatic carbocycles. The van der Waals surface area contributed by atoms with Crippen LogP contribution in [0.3, 0.4) is 0 Å². The molecule has 0 saturated carbocycles. The second-order valence-corrected chi connectivity index (χ2v) is 11.5. The van der Waals surface area contributed by atoms with Crippen LogP contribution in [0.2, 0.25) is 6.04 Å². The second kappa shape index (κ2) is 18.6. The maximum atomic E-state index is 12.4. The summed E-state index contributed by atoms with van der Waals surface area (Å²) in [4.78, 5) is 26.9. The molecule has 0 N–H and O–H groups in total. The van der Waals surface area contributed by atoms with Crippen LogP contribution in [0.5, 0.6) is 0 Å². The number of carbonyl (C=O) groups excluding carboxylic acids is 2. The van der Waals surface area contributed by atoms with Crippen molar-refractivity contribution < 1.29 is 32.3 Å². The van der Waals surface area contributed by atoms with Crippen LogP contribution in [-0.2, 0) is 45.6 Å². The van der Waals surface area contributed by atoms with Crippen LogP contribution in [0.1, 0.15) is 51.2 Å². The lowest BCUT2D eigenvalue weighted by Crippen LogP contribution is -2.46. The Kier molecular flexibility index (Phi) is 15.5. The molecule has 0 aliphatic rings. The van der Waals surface area contributed by atoms with Crippen molar-refractivity contribution in [3.8, 4) is 0 Å². The highest BCUT2D eigenvalue weighted by Gasteiger charge is 2.39. The van der Waals surface area contributed by atoms with Crippen LogP contribution < -0.4 is 0 Å². The number of esters is 2. The van der Waals surface area contributed by atoms with E-state index >= 15 is 0 Å². The molecule has 2 aromatic carbocycles. The first-order valence-electron chi connectivity index (χ1n) is 13.5. The van der Waals surface area contributed by atoms with E-state index in [4.69, 9.17) is 22.8 Å². The lowest BCUT2D eigenvalue weighted by Gasteiger charge is -2.29. The van der Waals surface area contributed by atoms with Crippen LogP contribution in [0.15, 0.2) is 60.7 Å². The number of hydrogen-bond acceptors (Lipinski definition) is 8. The zero-order chi connectivity index (χ0) is 27.5. The van der Waals surface area contributed by atoms with E-state index < -0.39 is 8.80 Å². The Morgan fingerprint density at radius 1 is 0.658 bits per heavy atom. The first-order chi connectivity index (χ1) is 18.5. The minimum atomic E-state index is -2.76. The molecule has 0 radical (unpaired) electrons. The first kappa shape index (κ1) is 31.7. The molecule has 0 unspecified atom stereocenters. The Balaban J connectivity index is 1.89. The molecular weight excluding hydrogens is 502 g/mol. The van der Waals surface area contributed by atoms with Gasteiger partial charge in [-0.25, -0.2) is 0 Å². The highest BCUT2D eigenvalue weighted by atomic mass is 28.4. The normalized spacial score (nSPS) is 11.5. The number of carbonyl (C=O) groups is 2. The third-order valence-electron chi connectivity index (χ3n) is 5.80. The van der Waals surface area contributed by atoms with Gasteiger partial charge in [-0.05, 0) is 44.9 Å². The number of benzene rings is 2. The van der Waals surface area contributed by atoms with E-state index in [-0.39, 0.29) is 38.0 Å². The molecule has 0 saturated heterocycles. The van der Waals surface area contributed by atoms with Crippen molar-refractivity contribution in [3.63, 3.8) is 0 Å². The second-order valence-electron chi connectivity index (χ2n) is 8.72. The molecule has 8 nitrogen and oxygen atoms in total. The fourth-order valence-electron chi connectivity index (χ4n) is 3.98. The average Bonchev–Trinajstić information content (AvgIpc) is 2.93. The molecule has 2 rings (SSSR count). The van der Waals surface area contributed by atoms with E-state index in [0.29, 0.717) is 45.5 Å². The van der Waals surface area contributed by atoms with E-state index in [0.717, 1.165) is 17.5 Å². The van der Waals surface area contributed by atoms with Gasteiger partial charge in [-0.3, -0.25) is 9.59 Å². The quantitative estimate of drug-likeness (QED) is 0.170. The Bertz CT molecular complexity index is 837. The van der Waals surface area contributed by atoms with Crippen molar-refractivity contribution in [2.75, 3.05) is 39.5 Å². The van der Waals surface area contributed by atoms with Gasteiger partial charge in [0.25, 0.3) is 0 Å². The van der Waals surface area contributed by atoms with Crippen LogP contribution in [0, 0.1) is 0 Å². The van der Waals surface area contributed by atoms with Gasteiger partial charge in [0.2, 0.25) is 0 Å². The fourth-order valence-corrected chi connectivity index (χ4v) is 6.57. The van der Waals surface area contributed by atoms with E-state index in [1.165, 1.54) is 0 Å². The summed E-state index contributed by atoms with van der Waals surface area (Å²) >= 11 is 0. The summed E-state index contributed by atoms with van der Waals surface area (Å²) < 4.78 is 28.8. The zero-order valence-corrected chi connectivity index (χ0v) is 24.1. The maximum Gasteiger partial charge on any atom is 0.500 e. The monoisotopic (exact) mass is 545 g/mol. The summed E-state index contributed by atoms with van der Waals surface area (Å²) in [6, 6.07) is 19.9. The molecule has 0 bridgehead atoms. The van der Waals surface area contributed by atoms with Gasteiger partial charge in [0.1, 0.15) is 13.2 Å². The average molecular weight is 546 g/mol. The van der Waals surface area contributed by atoms with Crippen LogP contribution in [0.4, 0.5) is 0 Å². The SMILES string of the molecule is CCO[Si](CCCN(CCC(=O)OCc1ccccc1)CCC(=O)OCc1ccccc1)(OCC)OCC. The smallest absolute Gasteiger partial charge is 0.461 e. The number of hydrogen-bond donors (Lipinski definition) is 0. The molecule has 2 aromatic rings. The van der Waals surface area contributed by atoms with E-state index in [1.54, 1.807) is 0 Å². The minimum absolute atomic E-state index is 0.233. The van der Waals surface area contributed by atoms with Crippen molar-refractivity contribution in [1.29, 1.82) is 0 Å². The number of nitrogens with zero attached hydrogens (tertiary/aromatic N) is 1. The number of ether oxygens (including phenoxy) is 2. The summed E-state index contributed by atoms with van der Waals surface area (Å²) in [5.74, 6) is -0.542. The van der Waals surface area contributed by atoms with Gasteiger partial charge in [-0.15, -0.1) is 0 Å². The van der Waals surface area contributed by atoms with E-state index in [1.807, 2.05) is 81.4 Å². The summed E-state index contributed by atoms with van der Waals surface area (Å²) in [6.07, 6.45) is 1.22. The topological polar surface area (TPSA) is 83.5 Å². The molecule has 210 valence electrons. The molecular formula is C29H43NO7Si. The summed E-state index contributed by atoms with van der Waals surface area (Å²) in [5, 5.41) is 0. The van der Waals surface area contributed by atoms with Crippen LogP contribution in [0.25, 0.3) is 0 Å².